The Bertz CT molecular complexity index is 776. The molecule has 0 fully saturated rings. The second-order valence-corrected chi connectivity index (χ2v) is 4.91. The molecule has 9 nitrogen and oxygen atoms in total. The van der Waals surface area contributed by atoms with Gasteiger partial charge in [-0.15, -0.1) is 0 Å². The molecule has 0 spiro atoms. The summed E-state index contributed by atoms with van der Waals surface area (Å²) < 4.78 is 5.72. The minimum absolute atomic E-state index is 0.516. The molecule has 0 unspecified atom stereocenters. The first-order valence-corrected chi connectivity index (χ1v) is 6.67. The van der Waals surface area contributed by atoms with Crippen LogP contribution in [0.5, 0.6) is 5.88 Å². The number of aromatic nitrogens is 2. The Hall–Kier alpha value is -2.75. The van der Waals surface area contributed by atoms with Gasteiger partial charge in [0.05, 0.1) is 11.3 Å². The number of rotatable bonds is 5. The third-order valence-corrected chi connectivity index (χ3v) is 2.92. The van der Waals surface area contributed by atoms with Crippen molar-refractivity contribution in [2.24, 2.45) is 0 Å². The predicted octanol–water partition coefficient (Wildman–Crippen LogP) is 1.46. The SMILES string of the molecule is O=C(COc1nc[nH]c(=O)c1[N+](=O)[O-])Nc1cccc(Br)c1. The first-order chi connectivity index (χ1) is 10.5. The van der Waals surface area contributed by atoms with Crippen molar-refractivity contribution in [1.82, 2.24) is 9.97 Å². The number of nitrogens with zero attached hydrogens (tertiary/aromatic N) is 2. The lowest BCUT2D eigenvalue weighted by Gasteiger charge is -2.07. The van der Waals surface area contributed by atoms with Gasteiger partial charge in [0.15, 0.2) is 6.61 Å². The molecule has 2 N–H and O–H groups in total. The Balaban J connectivity index is 2.04. The van der Waals surface area contributed by atoms with Gasteiger partial charge in [-0.05, 0) is 18.2 Å². The van der Waals surface area contributed by atoms with Gasteiger partial charge in [-0.25, -0.2) is 0 Å². The van der Waals surface area contributed by atoms with Crippen LogP contribution in [0.2, 0.25) is 0 Å². The van der Waals surface area contributed by atoms with Gasteiger partial charge in [-0.3, -0.25) is 19.7 Å². The monoisotopic (exact) mass is 368 g/mol. The first-order valence-electron chi connectivity index (χ1n) is 5.87. The van der Waals surface area contributed by atoms with Gasteiger partial charge in [-0.1, -0.05) is 22.0 Å². The van der Waals surface area contributed by atoms with Crippen LogP contribution in [0.25, 0.3) is 0 Å². The van der Waals surface area contributed by atoms with Crippen LogP contribution in [-0.4, -0.2) is 27.4 Å². The minimum atomic E-state index is -0.956. The van der Waals surface area contributed by atoms with Crippen LogP contribution in [0.3, 0.4) is 0 Å². The van der Waals surface area contributed by atoms with Crippen LogP contribution in [-0.2, 0) is 4.79 Å². The van der Waals surface area contributed by atoms with Crippen LogP contribution in [0.4, 0.5) is 11.4 Å². The Labute approximate surface area is 131 Å². The Kier molecular flexibility index (Phi) is 4.84. The summed E-state index contributed by atoms with van der Waals surface area (Å²) in [6.07, 6.45) is 0.955. The third kappa shape index (κ3) is 3.88. The van der Waals surface area contributed by atoms with E-state index >= 15 is 0 Å². The lowest BCUT2D eigenvalue weighted by molar-refractivity contribution is -0.387. The summed E-state index contributed by atoms with van der Waals surface area (Å²) in [7, 11) is 0. The number of aromatic amines is 1. The molecule has 0 atom stereocenters. The predicted molar refractivity (Wildman–Crippen MR) is 79.8 cm³/mol. The molecule has 0 saturated carbocycles. The molecule has 2 aromatic rings. The second kappa shape index (κ2) is 6.80. The van der Waals surface area contributed by atoms with Crippen molar-refractivity contribution in [1.29, 1.82) is 0 Å². The van der Waals surface area contributed by atoms with E-state index in [-0.39, 0.29) is 0 Å². The maximum Gasteiger partial charge on any atom is 0.395 e. The lowest BCUT2D eigenvalue weighted by atomic mass is 10.3. The fourth-order valence-electron chi connectivity index (χ4n) is 1.54. The summed E-state index contributed by atoms with van der Waals surface area (Å²) in [4.78, 5) is 38.5. The highest BCUT2D eigenvalue weighted by molar-refractivity contribution is 9.10. The van der Waals surface area contributed by atoms with Crippen LogP contribution >= 0.6 is 15.9 Å². The molecule has 114 valence electrons. The number of benzene rings is 1. The first kappa shape index (κ1) is 15.6. The number of carbonyl (C=O) groups excluding carboxylic acids is 1. The number of hydrogen-bond donors (Lipinski definition) is 2. The van der Waals surface area contributed by atoms with Crippen LogP contribution in [0.1, 0.15) is 0 Å². The summed E-state index contributed by atoms with van der Waals surface area (Å²) in [6, 6.07) is 6.85. The highest BCUT2D eigenvalue weighted by Gasteiger charge is 2.22. The number of nitrogens with one attached hydrogen (secondary N) is 2. The molecule has 1 aromatic carbocycles. The van der Waals surface area contributed by atoms with Crippen molar-refractivity contribution >= 4 is 33.2 Å². The Morgan fingerprint density at radius 1 is 1.50 bits per heavy atom. The van der Waals surface area contributed by atoms with Crippen molar-refractivity contribution in [3.8, 4) is 5.88 Å². The highest BCUT2D eigenvalue weighted by Crippen LogP contribution is 2.18. The third-order valence-electron chi connectivity index (χ3n) is 2.43. The molecule has 0 aliphatic heterocycles. The molecule has 0 saturated heterocycles. The highest BCUT2D eigenvalue weighted by atomic mass is 79.9. The van der Waals surface area contributed by atoms with Gasteiger partial charge in [0.25, 0.3) is 5.91 Å². The van der Waals surface area contributed by atoms with E-state index in [0.717, 1.165) is 10.8 Å². The molecule has 0 aliphatic rings. The molecule has 0 bridgehead atoms. The van der Waals surface area contributed by atoms with Crippen molar-refractivity contribution in [3.05, 3.63) is 55.5 Å². The van der Waals surface area contributed by atoms with E-state index in [4.69, 9.17) is 4.74 Å². The largest absolute Gasteiger partial charge is 0.462 e. The second-order valence-electron chi connectivity index (χ2n) is 3.99. The zero-order valence-electron chi connectivity index (χ0n) is 10.9. The Morgan fingerprint density at radius 3 is 2.95 bits per heavy atom. The molecule has 1 heterocycles. The molecule has 0 radical (unpaired) electrons. The van der Waals surface area contributed by atoms with Gasteiger partial charge in [0.2, 0.25) is 0 Å². The molecule has 0 aliphatic carbocycles. The van der Waals surface area contributed by atoms with E-state index in [1.807, 2.05) is 0 Å². The van der Waals surface area contributed by atoms with E-state index in [1.165, 1.54) is 0 Å². The maximum absolute atomic E-state index is 11.7. The quantitative estimate of drug-likeness (QED) is 0.607. The smallest absolute Gasteiger partial charge is 0.395 e. The topological polar surface area (TPSA) is 127 Å². The molecular formula is C12H9BrN4O5. The summed E-state index contributed by atoms with van der Waals surface area (Å²) in [6.45, 7) is -0.524. The summed E-state index contributed by atoms with van der Waals surface area (Å²) in [5, 5.41) is 13.3. The van der Waals surface area contributed by atoms with E-state index in [9.17, 15) is 19.7 Å². The Morgan fingerprint density at radius 2 is 2.27 bits per heavy atom. The van der Waals surface area contributed by atoms with Crippen molar-refractivity contribution < 1.29 is 14.5 Å². The van der Waals surface area contributed by atoms with E-state index in [1.54, 1.807) is 24.3 Å². The lowest BCUT2D eigenvalue weighted by Crippen LogP contribution is -2.22. The average Bonchev–Trinajstić information content (AvgIpc) is 2.44. The standard InChI is InChI=1S/C12H9BrN4O5/c13-7-2-1-3-8(4-7)16-9(18)5-22-12-10(17(20)21)11(19)14-6-15-12/h1-4,6H,5H2,(H,16,18)(H,14,15,19). The molecule has 10 heteroatoms. The zero-order chi connectivity index (χ0) is 16.1. The number of H-pyrrole nitrogens is 1. The van der Waals surface area contributed by atoms with Gasteiger partial charge in [-0.2, -0.15) is 4.98 Å². The number of anilines is 1. The number of ether oxygens (including phenoxy) is 1. The fourth-order valence-corrected chi connectivity index (χ4v) is 1.94. The number of amides is 1. The fraction of sp³-hybridized carbons (Fsp3) is 0.0833. The van der Waals surface area contributed by atoms with E-state index in [2.05, 4.69) is 31.2 Å². The van der Waals surface area contributed by atoms with Gasteiger partial charge >= 0.3 is 17.1 Å². The summed E-state index contributed by atoms with van der Waals surface area (Å²) in [5.41, 5.74) is -1.28. The van der Waals surface area contributed by atoms with Crippen molar-refractivity contribution in [2.45, 2.75) is 0 Å². The van der Waals surface area contributed by atoms with Crippen molar-refractivity contribution in [2.75, 3.05) is 11.9 Å². The number of nitro groups is 1. The van der Waals surface area contributed by atoms with Crippen LogP contribution in [0, 0.1) is 10.1 Å². The van der Waals surface area contributed by atoms with Crippen LogP contribution < -0.4 is 15.6 Å². The van der Waals surface area contributed by atoms with E-state index < -0.39 is 34.6 Å². The maximum atomic E-state index is 11.7. The number of hydrogen-bond acceptors (Lipinski definition) is 6. The van der Waals surface area contributed by atoms with Gasteiger partial charge in [0, 0.05) is 10.2 Å². The molecule has 22 heavy (non-hydrogen) atoms. The minimum Gasteiger partial charge on any atom is -0.462 e. The summed E-state index contributed by atoms with van der Waals surface area (Å²) in [5.74, 6) is -1.06. The average molecular weight is 369 g/mol. The molecule has 1 amide bonds. The van der Waals surface area contributed by atoms with Gasteiger partial charge < -0.3 is 15.0 Å². The molecular weight excluding hydrogens is 360 g/mol. The van der Waals surface area contributed by atoms with Crippen LogP contribution in [0.15, 0.2) is 39.9 Å². The summed E-state index contributed by atoms with van der Waals surface area (Å²) >= 11 is 3.26. The normalized spacial score (nSPS) is 10.0. The molecule has 2 rings (SSSR count). The van der Waals surface area contributed by atoms with Crippen molar-refractivity contribution in [3.63, 3.8) is 0 Å². The van der Waals surface area contributed by atoms with Gasteiger partial charge in [0.1, 0.15) is 0 Å². The number of halogens is 1. The number of carbonyl (C=O) groups is 1. The zero-order valence-corrected chi connectivity index (χ0v) is 12.5. The van der Waals surface area contributed by atoms with E-state index in [0.29, 0.717) is 5.69 Å². The molecule has 1 aromatic heterocycles.